The van der Waals surface area contributed by atoms with Gasteiger partial charge in [0.05, 0.1) is 30.9 Å². The Morgan fingerprint density at radius 1 is 1.52 bits per heavy atom. The number of pyridine rings is 1. The first-order chi connectivity index (χ1) is 11.1. The number of carbonyl (C=O) groups is 1. The molecule has 1 aliphatic heterocycles. The maximum atomic E-state index is 12.8. The molecule has 3 rings (SSSR count). The van der Waals surface area contributed by atoms with Crippen molar-refractivity contribution in [1.29, 1.82) is 0 Å². The molecule has 126 valence electrons. The molecule has 1 amide bonds. The van der Waals surface area contributed by atoms with E-state index >= 15 is 0 Å². The number of amides is 1. The van der Waals surface area contributed by atoms with Crippen LogP contribution in [-0.4, -0.2) is 54.3 Å². The highest BCUT2D eigenvalue weighted by Crippen LogP contribution is 2.41. The number of aryl methyl sites for hydroxylation is 1. The second-order valence-corrected chi connectivity index (χ2v) is 6.64. The monoisotopic (exact) mass is 318 g/mol. The fourth-order valence-electron chi connectivity index (χ4n) is 3.84. The van der Waals surface area contributed by atoms with E-state index < -0.39 is 0 Å². The van der Waals surface area contributed by atoms with Crippen molar-refractivity contribution in [1.82, 2.24) is 9.88 Å². The highest BCUT2D eigenvalue weighted by atomic mass is 16.5. The predicted molar refractivity (Wildman–Crippen MR) is 87.4 cm³/mol. The van der Waals surface area contributed by atoms with Crippen molar-refractivity contribution in [3.8, 4) is 0 Å². The van der Waals surface area contributed by atoms with Crippen LogP contribution in [0.25, 0.3) is 0 Å². The van der Waals surface area contributed by atoms with Gasteiger partial charge in [-0.1, -0.05) is 6.42 Å². The lowest BCUT2D eigenvalue weighted by Crippen LogP contribution is -2.56. The number of aromatic nitrogens is 1. The van der Waals surface area contributed by atoms with Crippen LogP contribution in [0.5, 0.6) is 0 Å². The number of nitrogens with zero attached hydrogens (tertiary/aromatic N) is 2. The van der Waals surface area contributed by atoms with Crippen molar-refractivity contribution in [3.05, 3.63) is 29.6 Å². The fraction of sp³-hybridized carbons (Fsp3) is 0.667. The molecular formula is C18H26N2O3. The average Bonchev–Trinajstić information content (AvgIpc) is 2.94. The molecule has 2 atom stereocenters. The van der Waals surface area contributed by atoms with Crippen molar-refractivity contribution < 1.29 is 14.3 Å². The molecule has 0 aromatic carbocycles. The molecule has 5 nitrogen and oxygen atoms in total. The Kier molecular flexibility index (Phi) is 4.97. The summed E-state index contributed by atoms with van der Waals surface area (Å²) in [6.07, 6.45) is 6.71. The smallest absolute Gasteiger partial charge is 0.255 e. The van der Waals surface area contributed by atoms with Crippen LogP contribution >= 0.6 is 0 Å². The lowest BCUT2D eigenvalue weighted by Gasteiger charge is -2.44. The molecule has 0 bridgehead atoms. The molecule has 23 heavy (non-hydrogen) atoms. The van der Waals surface area contributed by atoms with Crippen molar-refractivity contribution in [2.24, 2.45) is 5.92 Å². The quantitative estimate of drug-likeness (QED) is 0.855. The highest BCUT2D eigenvalue weighted by Gasteiger charge is 2.47. The van der Waals surface area contributed by atoms with Crippen molar-refractivity contribution in [2.75, 3.05) is 32.9 Å². The van der Waals surface area contributed by atoms with Gasteiger partial charge in [0.1, 0.15) is 0 Å². The third-order valence-corrected chi connectivity index (χ3v) is 5.04. The van der Waals surface area contributed by atoms with Gasteiger partial charge in [-0.3, -0.25) is 9.78 Å². The van der Waals surface area contributed by atoms with Crippen molar-refractivity contribution >= 4 is 5.91 Å². The van der Waals surface area contributed by atoms with Gasteiger partial charge in [0.15, 0.2) is 0 Å². The summed E-state index contributed by atoms with van der Waals surface area (Å²) in [6, 6.07) is 1.91. The van der Waals surface area contributed by atoms with E-state index in [1.54, 1.807) is 12.4 Å². The Labute approximate surface area is 138 Å². The number of carbonyl (C=O) groups excluding carboxylic acids is 1. The van der Waals surface area contributed by atoms with E-state index in [1.807, 2.05) is 24.8 Å². The molecule has 5 heteroatoms. The van der Waals surface area contributed by atoms with Gasteiger partial charge in [-0.25, -0.2) is 0 Å². The summed E-state index contributed by atoms with van der Waals surface area (Å²) in [5.74, 6) is 0.444. The lowest BCUT2D eigenvalue weighted by atomic mass is 9.89. The zero-order chi connectivity index (χ0) is 16.3. The molecule has 0 radical (unpaired) electrons. The minimum atomic E-state index is -0.222. The molecule has 1 spiro atoms. The second kappa shape index (κ2) is 6.97. The molecule has 1 saturated carbocycles. The largest absolute Gasteiger partial charge is 0.381 e. The zero-order valence-corrected chi connectivity index (χ0v) is 14.1. The number of morpholine rings is 1. The van der Waals surface area contributed by atoms with Gasteiger partial charge in [-0.05, 0) is 38.3 Å². The van der Waals surface area contributed by atoms with Gasteiger partial charge >= 0.3 is 0 Å². The van der Waals surface area contributed by atoms with Gasteiger partial charge < -0.3 is 14.4 Å². The fourth-order valence-corrected chi connectivity index (χ4v) is 3.84. The van der Waals surface area contributed by atoms with Crippen LogP contribution in [0.1, 0.15) is 42.1 Å². The second-order valence-electron chi connectivity index (χ2n) is 6.64. The van der Waals surface area contributed by atoms with Gasteiger partial charge in [0, 0.05) is 31.5 Å². The number of ether oxygens (including phenoxy) is 2. The van der Waals surface area contributed by atoms with Crippen LogP contribution in [0.3, 0.4) is 0 Å². The third kappa shape index (κ3) is 3.40. The van der Waals surface area contributed by atoms with Crippen LogP contribution in [0.4, 0.5) is 0 Å². The number of hydrogen-bond acceptors (Lipinski definition) is 4. The van der Waals surface area contributed by atoms with E-state index in [0.29, 0.717) is 31.2 Å². The first kappa shape index (κ1) is 16.4. The third-order valence-electron chi connectivity index (χ3n) is 5.04. The highest BCUT2D eigenvalue weighted by molar-refractivity contribution is 5.94. The zero-order valence-electron chi connectivity index (χ0n) is 14.1. The van der Waals surface area contributed by atoms with E-state index in [1.165, 1.54) is 0 Å². The van der Waals surface area contributed by atoms with E-state index in [-0.39, 0.29) is 11.5 Å². The molecule has 1 aromatic rings. The molecule has 1 aliphatic carbocycles. The standard InChI is InChI=1S/C18H26N2O3/c1-3-22-12-16-5-4-6-18(16)13-20(7-8-23-18)17(21)15-9-14(2)10-19-11-15/h9-11,16H,3-8,12-13H2,1-2H3/t16-,18+/m0/s1. The average molecular weight is 318 g/mol. The van der Waals surface area contributed by atoms with Crippen LogP contribution in [0.15, 0.2) is 18.5 Å². The summed E-state index contributed by atoms with van der Waals surface area (Å²) in [6.45, 7) is 7.35. The van der Waals surface area contributed by atoms with Gasteiger partial charge in [0.2, 0.25) is 0 Å². The van der Waals surface area contributed by atoms with Gasteiger partial charge in [-0.2, -0.15) is 0 Å². The topological polar surface area (TPSA) is 51.7 Å². The summed E-state index contributed by atoms with van der Waals surface area (Å²) in [4.78, 5) is 18.9. The molecule has 0 N–H and O–H groups in total. The summed E-state index contributed by atoms with van der Waals surface area (Å²) in [7, 11) is 0. The molecule has 1 aromatic heterocycles. The predicted octanol–water partition coefficient (Wildman–Crippen LogP) is 2.44. The SMILES string of the molecule is CCOC[C@@H]1CCC[C@@]12CN(C(=O)c1cncc(C)c1)CCO2. The summed E-state index contributed by atoms with van der Waals surface area (Å²) in [5.41, 5.74) is 1.45. The molecule has 0 unspecified atom stereocenters. The van der Waals surface area contributed by atoms with Crippen molar-refractivity contribution in [2.45, 2.75) is 38.7 Å². The Balaban J connectivity index is 1.73. The number of rotatable bonds is 4. The molecule has 1 saturated heterocycles. The summed E-state index contributed by atoms with van der Waals surface area (Å²) in [5, 5.41) is 0. The molecule has 2 aliphatic rings. The van der Waals surface area contributed by atoms with E-state index in [9.17, 15) is 4.79 Å². The van der Waals surface area contributed by atoms with Crippen LogP contribution < -0.4 is 0 Å². The van der Waals surface area contributed by atoms with Crippen molar-refractivity contribution in [3.63, 3.8) is 0 Å². The molecule has 2 fully saturated rings. The minimum Gasteiger partial charge on any atom is -0.381 e. The first-order valence-corrected chi connectivity index (χ1v) is 8.57. The first-order valence-electron chi connectivity index (χ1n) is 8.57. The van der Waals surface area contributed by atoms with E-state index in [2.05, 4.69) is 4.98 Å². The number of hydrogen-bond donors (Lipinski definition) is 0. The summed E-state index contributed by atoms with van der Waals surface area (Å²) >= 11 is 0. The Morgan fingerprint density at radius 3 is 3.17 bits per heavy atom. The Bertz CT molecular complexity index is 563. The van der Waals surface area contributed by atoms with E-state index in [4.69, 9.17) is 9.47 Å². The lowest BCUT2D eigenvalue weighted by molar-refractivity contribution is -0.132. The van der Waals surface area contributed by atoms with E-state index in [0.717, 1.165) is 38.0 Å². The normalized spacial score (nSPS) is 27.6. The molecular weight excluding hydrogens is 292 g/mol. The maximum absolute atomic E-state index is 12.8. The Morgan fingerprint density at radius 2 is 2.39 bits per heavy atom. The van der Waals surface area contributed by atoms with Gasteiger partial charge in [0.25, 0.3) is 5.91 Å². The minimum absolute atomic E-state index is 0.0611. The van der Waals surface area contributed by atoms with Crippen LogP contribution in [-0.2, 0) is 9.47 Å². The van der Waals surface area contributed by atoms with Gasteiger partial charge in [-0.15, -0.1) is 0 Å². The van der Waals surface area contributed by atoms with Crippen LogP contribution in [0, 0.1) is 12.8 Å². The summed E-state index contributed by atoms with van der Waals surface area (Å²) < 4.78 is 11.8. The van der Waals surface area contributed by atoms with Crippen LogP contribution in [0.2, 0.25) is 0 Å². The Hall–Kier alpha value is -1.46. The molecule has 2 heterocycles. The maximum Gasteiger partial charge on any atom is 0.255 e.